The molecule has 0 radical (unpaired) electrons. The van der Waals surface area contributed by atoms with Crippen LogP contribution in [0.2, 0.25) is 0 Å². The van der Waals surface area contributed by atoms with Crippen molar-refractivity contribution in [1.29, 1.82) is 0 Å². The second kappa shape index (κ2) is 5.22. The molecule has 1 heterocycles. The number of rotatable bonds is 4. The zero-order valence-corrected chi connectivity index (χ0v) is 10.8. The first-order valence-electron chi connectivity index (χ1n) is 6.04. The molecular weight excluding hydrogens is 247 g/mol. The van der Waals surface area contributed by atoms with E-state index < -0.39 is 5.97 Å². The highest BCUT2D eigenvalue weighted by Crippen LogP contribution is 2.25. The molecule has 0 unspecified atom stereocenters. The van der Waals surface area contributed by atoms with E-state index >= 15 is 0 Å². The van der Waals surface area contributed by atoms with E-state index in [1.165, 1.54) is 12.1 Å². The quantitative estimate of drug-likeness (QED) is 0.890. The molecule has 5 heteroatoms. The van der Waals surface area contributed by atoms with Crippen LogP contribution in [0.1, 0.15) is 31.3 Å². The third-order valence-electron chi connectivity index (χ3n) is 2.79. The maximum atomic E-state index is 12.9. The Morgan fingerprint density at radius 2 is 2.00 bits per heavy atom. The van der Waals surface area contributed by atoms with Crippen molar-refractivity contribution in [3.05, 3.63) is 41.6 Å². The van der Waals surface area contributed by atoms with Gasteiger partial charge in [-0.25, -0.2) is 9.37 Å². The van der Waals surface area contributed by atoms with Crippen LogP contribution in [0.4, 0.5) is 4.39 Å². The molecule has 100 valence electrons. The van der Waals surface area contributed by atoms with Gasteiger partial charge in [0.25, 0.3) is 0 Å². The van der Waals surface area contributed by atoms with Gasteiger partial charge in [-0.15, -0.1) is 0 Å². The molecule has 1 aromatic carbocycles. The van der Waals surface area contributed by atoms with E-state index in [0.29, 0.717) is 17.0 Å². The number of imidazole rings is 1. The molecule has 0 amide bonds. The monoisotopic (exact) mass is 262 g/mol. The summed E-state index contributed by atoms with van der Waals surface area (Å²) in [5, 5.41) is 8.92. The number of nitrogens with zero attached hydrogens (tertiary/aromatic N) is 1. The summed E-state index contributed by atoms with van der Waals surface area (Å²) in [6.45, 7) is 3.94. The standard InChI is InChI=1S/C14H15FN2O2/c1-8(2)14-16-11(7-12(18)19)13(17-14)9-3-5-10(15)6-4-9/h3-6,8H,7H2,1-2H3,(H,16,17)(H,18,19). The number of carbonyl (C=O) groups is 1. The fourth-order valence-electron chi connectivity index (χ4n) is 1.83. The van der Waals surface area contributed by atoms with Gasteiger partial charge in [0, 0.05) is 11.5 Å². The Balaban J connectivity index is 2.47. The Labute approximate surface area is 110 Å². The van der Waals surface area contributed by atoms with Crippen molar-refractivity contribution in [3.63, 3.8) is 0 Å². The number of hydrogen-bond acceptors (Lipinski definition) is 2. The lowest BCUT2D eigenvalue weighted by molar-refractivity contribution is -0.136. The molecule has 0 bridgehead atoms. The van der Waals surface area contributed by atoms with Gasteiger partial charge in [-0.05, 0) is 24.3 Å². The van der Waals surface area contributed by atoms with E-state index in [1.807, 2.05) is 13.8 Å². The smallest absolute Gasteiger partial charge is 0.309 e. The third kappa shape index (κ3) is 2.99. The molecule has 2 N–H and O–H groups in total. The number of carboxylic acid groups (broad SMARTS) is 1. The molecule has 0 spiro atoms. The van der Waals surface area contributed by atoms with Gasteiger partial charge in [-0.1, -0.05) is 13.8 Å². The Hall–Kier alpha value is -2.17. The minimum Gasteiger partial charge on any atom is -0.481 e. The van der Waals surface area contributed by atoms with Crippen LogP contribution in [-0.2, 0) is 11.2 Å². The van der Waals surface area contributed by atoms with Gasteiger partial charge >= 0.3 is 5.97 Å². The molecular formula is C14H15FN2O2. The van der Waals surface area contributed by atoms with Gasteiger partial charge in [0.2, 0.25) is 0 Å². The van der Waals surface area contributed by atoms with Crippen molar-refractivity contribution < 1.29 is 14.3 Å². The third-order valence-corrected chi connectivity index (χ3v) is 2.79. The highest BCUT2D eigenvalue weighted by molar-refractivity contribution is 5.74. The van der Waals surface area contributed by atoms with E-state index in [-0.39, 0.29) is 18.2 Å². The molecule has 0 aliphatic rings. The van der Waals surface area contributed by atoms with Crippen LogP contribution in [0.3, 0.4) is 0 Å². The van der Waals surface area contributed by atoms with Crippen molar-refractivity contribution in [2.45, 2.75) is 26.2 Å². The number of aromatic amines is 1. The molecule has 2 rings (SSSR count). The zero-order valence-electron chi connectivity index (χ0n) is 10.8. The topological polar surface area (TPSA) is 66.0 Å². The summed E-state index contributed by atoms with van der Waals surface area (Å²) in [7, 11) is 0. The van der Waals surface area contributed by atoms with E-state index in [0.717, 1.165) is 5.82 Å². The first-order valence-corrected chi connectivity index (χ1v) is 6.04. The van der Waals surface area contributed by atoms with E-state index in [4.69, 9.17) is 5.11 Å². The number of benzene rings is 1. The second-order valence-corrected chi connectivity index (χ2v) is 4.68. The van der Waals surface area contributed by atoms with Crippen LogP contribution in [0.15, 0.2) is 24.3 Å². The molecule has 0 fully saturated rings. The fourth-order valence-corrected chi connectivity index (χ4v) is 1.83. The largest absolute Gasteiger partial charge is 0.481 e. The lowest BCUT2D eigenvalue weighted by atomic mass is 10.1. The van der Waals surface area contributed by atoms with Crippen LogP contribution in [0.5, 0.6) is 0 Å². The van der Waals surface area contributed by atoms with Crippen molar-refractivity contribution in [2.24, 2.45) is 0 Å². The number of carboxylic acids is 1. The summed E-state index contributed by atoms with van der Waals surface area (Å²) in [4.78, 5) is 18.3. The minimum atomic E-state index is -0.928. The lowest BCUT2D eigenvalue weighted by Crippen LogP contribution is -2.02. The number of aliphatic carboxylic acids is 1. The van der Waals surface area contributed by atoms with Crippen LogP contribution in [-0.4, -0.2) is 21.0 Å². The van der Waals surface area contributed by atoms with Crippen molar-refractivity contribution >= 4 is 5.97 Å². The maximum Gasteiger partial charge on any atom is 0.309 e. The highest BCUT2D eigenvalue weighted by atomic mass is 19.1. The normalized spacial score (nSPS) is 10.9. The van der Waals surface area contributed by atoms with Gasteiger partial charge < -0.3 is 10.1 Å². The molecule has 0 aliphatic heterocycles. The number of nitrogens with one attached hydrogen (secondary N) is 1. The SMILES string of the molecule is CC(C)c1nc(-c2ccc(F)cc2)c(CC(=O)O)[nH]1. The molecule has 1 aromatic heterocycles. The van der Waals surface area contributed by atoms with Gasteiger partial charge in [-0.2, -0.15) is 0 Å². The Morgan fingerprint density at radius 1 is 1.37 bits per heavy atom. The summed E-state index contributed by atoms with van der Waals surface area (Å²) in [5.41, 5.74) is 1.83. The van der Waals surface area contributed by atoms with Gasteiger partial charge in [0.15, 0.2) is 0 Å². The summed E-state index contributed by atoms with van der Waals surface area (Å²) in [6, 6.07) is 5.87. The fraction of sp³-hybridized carbons (Fsp3) is 0.286. The van der Waals surface area contributed by atoms with Crippen LogP contribution in [0.25, 0.3) is 11.3 Å². The van der Waals surface area contributed by atoms with E-state index in [1.54, 1.807) is 12.1 Å². The van der Waals surface area contributed by atoms with Crippen LogP contribution in [0, 0.1) is 5.82 Å². The summed E-state index contributed by atoms with van der Waals surface area (Å²) in [5.74, 6) is -0.359. The molecule has 0 aliphatic carbocycles. The first kappa shape index (κ1) is 13.3. The Kier molecular flexibility index (Phi) is 3.64. The summed E-state index contributed by atoms with van der Waals surface area (Å²) < 4.78 is 12.9. The second-order valence-electron chi connectivity index (χ2n) is 4.68. The van der Waals surface area contributed by atoms with Crippen molar-refractivity contribution in [3.8, 4) is 11.3 Å². The Bertz CT molecular complexity index is 588. The predicted octanol–water partition coefficient (Wildman–Crippen LogP) is 2.97. The number of aromatic nitrogens is 2. The number of halogens is 1. The van der Waals surface area contributed by atoms with Crippen molar-refractivity contribution in [1.82, 2.24) is 9.97 Å². The average Bonchev–Trinajstić information content (AvgIpc) is 2.73. The average molecular weight is 262 g/mol. The number of hydrogen-bond donors (Lipinski definition) is 2. The predicted molar refractivity (Wildman–Crippen MR) is 69.4 cm³/mol. The molecule has 0 atom stereocenters. The summed E-state index contributed by atoms with van der Waals surface area (Å²) in [6.07, 6.45) is -0.133. The van der Waals surface area contributed by atoms with Crippen LogP contribution < -0.4 is 0 Å². The van der Waals surface area contributed by atoms with E-state index in [2.05, 4.69) is 9.97 Å². The molecule has 0 saturated heterocycles. The van der Waals surface area contributed by atoms with E-state index in [9.17, 15) is 9.18 Å². The lowest BCUT2D eigenvalue weighted by Gasteiger charge is -2.00. The minimum absolute atomic E-state index is 0.133. The van der Waals surface area contributed by atoms with Crippen molar-refractivity contribution in [2.75, 3.05) is 0 Å². The zero-order chi connectivity index (χ0) is 14.0. The first-order chi connectivity index (χ1) is 8.97. The molecule has 2 aromatic rings. The van der Waals surface area contributed by atoms with Gasteiger partial charge in [-0.3, -0.25) is 4.79 Å². The summed E-state index contributed by atoms with van der Waals surface area (Å²) >= 11 is 0. The molecule has 0 saturated carbocycles. The molecule has 19 heavy (non-hydrogen) atoms. The van der Waals surface area contributed by atoms with Gasteiger partial charge in [0.1, 0.15) is 11.6 Å². The van der Waals surface area contributed by atoms with Gasteiger partial charge in [0.05, 0.1) is 17.8 Å². The Morgan fingerprint density at radius 3 is 2.53 bits per heavy atom. The number of H-pyrrole nitrogens is 1. The highest BCUT2D eigenvalue weighted by Gasteiger charge is 2.16. The van der Waals surface area contributed by atoms with Crippen LogP contribution >= 0.6 is 0 Å². The maximum absolute atomic E-state index is 12.9. The molecule has 4 nitrogen and oxygen atoms in total.